The summed E-state index contributed by atoms with van der Waals surface area (Å²) in [4.78, 5) is 11.6. The van der Waals surface area contributed by atoms with Gasteiger partial charge in [-0.05, 0) is 45.8 Å². The van der Waals surface area contributed by atoms with E-state index < -0.39 is 11.9 Å². The van der Waals surface area contributed by atoms with Crippen LogP contribution in [0.1, 0.15) is 11.6 Å². The molecule has 5 heteroatoms. The molecular weight excluding hydrogens is 311 g/mol. The quantitative estimate of drug-likeness (QED) is 0.908. The number of primary amides is 1. The standard InChI is InChI=1S/C14H12BrFN2O/c15-11-3-1-2-4-12(11)18-13(14(17)19)9-5-7-10(16)8-6-9/h1-8,13,18H,(H2,17,19). The Morgan fingerprint density at radius 1 is 1.16 bits per heavy atom. The number of benzene rings is 2. The molecule has 98 valence electrons. The van der Waals surface area contributed by atoms with Crippen molar-refractivity contribution in [3.63, 3.8) is 0 Å². The number of carbonyl (C=O) groups excluding carboxylic acids is 1. The van der Waals surface area contributed by atoms with Crippen LogP contribution in [0.4, 0.5) is 10.1 Å². The van der Waals surface area contributed by atoms with E-state index in [1.165, 1.54) is 24.3 Å². The van der Waals surface area contributed by atoms with Crippen LogP contribution in [-0.4, -0.2) is 5.91 Å². The molecule has 1 unspecified atom stereocenters. The lowest BCUT2D eigenvalue weighted by Gasteiger charge is -2.18. The molecule has 0 aliphatic carbocycles. The average Bonchev–Trinajstić information content (AvgIpc) is 2.39. The van der Waals surface area contributed by atoms with E-state index in [9.17, 15) is 9.18 Å². The minimum atomic E-state index is -0.709. The SMILES string of the molecule is NC(=O)C(Nc1ccccc1Br)c1ccc(F)cc1. The molecule has 0 saturated carbocycles. The summed E-state index contributed by atoms with van der Waals surface area (Å²) < 4.78 is 13.7. The molecule has 3 nitrogen and oxygen atoms in total. The molecular formula is C14H12BrFN2O. The fourth-order valence-electron chi connectivity index (χ4n) is 1.71. The Labute approximate surface area is 118 Å². The van der Waals surface area contributed by atoms with Crippen LogP contribution in [0.25, 0.3) is 0 Å². The maximum Gasteiger partial charge on any atom is 0.244 e. The van der Waals surface area contributed by atoms with Crippen molar-refractivity contribution in [3.8, 4) is 0 Å². The smallest absolute Gasteiger partial charge is 0.244 e. The van der Waals surface area contributed by atoms with Crippen molar-refractivity contribution in [3.05, 3.63) is 64.4 Å². The number of hydrogen-bond donors (Lipinski definition) is 2. The molecule has 0 aliphatic rings. The van der Waals surface area contributed by atoms with Gasteiger partial charge in [-0.25, -0.2) is 4.39 Å². The van der Waals surface area contributed by atoms with Crippen molar-refractivity contribution >= 4 is 27.5 Å². The molecule has 2 aromatic rings. The highest BCUT2D eigenvalue weighted by atomic mass is 79.9. The number of nitrogens with one attached hydrogen (secondary N) is 1. The van der Waals surface area contributed by atoms with Gasteiger partial charge in [0.25, 0.3) is 0 Å². The highest BCUT2D eigenvalue weighted by Crippen LogP contribution is 2.26. The van der Waals surface area contributed by atoms with Crippen molar-refractivity contribution in [2.24, 2.45) is 5.73 Å². The summed E-state index contributed by atoms with van der Waals surface area (Å²) in [5.74, 6) is -0.879. The van der Waals surface area contributed by atoms with Crippen molar-refractivity contribution in [1.82, 2.24) is 0 Å². The first kappa shape index (κ1) is 13.5. The molecule has 1 atom stereocenters. The van der Waals surface area contributed by atoms with Crippen LogP contribution in [-0.2, 0) is 4.79 Å². The van der Waals surface area contributed by atoms with Gasteiger partial charge in [0.2, 0.25) is 5.91 Å². The number of rotatable bonds is 4. The molecule has 0 spiro atoms. The van der Waals surface area contributed by atoms with Crippen LogP contribution in [0.15, 0.2) is 53.0 Å². The third kappa shape index (κ3) is 3.32. The van der Waals surface area contributed by atoms with Gasteiger partial charge in [-0.3, -0.25) is 4.79 Å². The third-order valence-corrected chi connectivity index (χ3v) is 3.35. The summed E-state index contributed by atoms with van der Waals surface area (Å²) in [6.45, 7) is 0. The van der Waals surface area contributed by atoms with E-state index in [-0.39, 0.29) is 5.82 Å². The van der Waals surface area contributed by atoms with E-state index >= 15 is 0 Å². The third-order valence-electron chi connectivity index (χ3n) is 2.66. The number of hydrogen-bond acceptors (Lipinski definition) is 2. The Bertz CT molecular complexity index is 586. The van der Waals surface area contributed by atoms with Gasteiger partial charge in [0, 0.05) is 10.2 Å². The molecule has 19 heavy (non-hydrogen) atoms. The highest BCUT2D eigenvalue weighted by molar-refractivity contribution is 9.10. The monoisotopic (exact) mass is 322 g/mol. The van der Waals surface area contributed by atoms with Crippen molar-refractivity contribution in [2.75, 3.05) is 5.32 Å². The van der Waals surface area contributed by atoms with Crippen LogP contribution in [0.2, 0.25) is 0 Å². The maximum absolute atomic E-state index is 12.9. The molecule has 0 aliphatic heterocycles. The largest absolute Gasteiger partial charge is 0.369 e. The highest BCUT2D eigenvalue weighted by Gasteiger charge is 2.18. The summed E-state index contributed by atoms with van der Waals surface area (Å²) in [6, 6.07) is 12.3. The Kier molecular flexibility index (Phi) is 4.16. The molecule has 0 radical (unpaired) electrons. The number of amides is 1. The molecule has 1 amide bonds. The molecule has 3 N–H and O–H groups in total. The maximum atomic E-state index is 12.9. The molecule has 2 aromatic carbocycles. The summed E-state index contributed by atoms with van der Waals surface area (Å²) in [5, 5.41) is 3.04. The summed E-state index contributed by atoms with van der Waals surface area (Å²) in [7, 11) is 0. The van der Waals surface area contributed by atoms with Gasteiger partial charge in [-0.1, -0.05) is 24.3 Å². The van der Waals surface area contributed by atoms with Crippen LogP contribution in [0, 0.1) is 5.82 Å². The molecule has 0 bridgehead atoms. The lowest BCUT2D eigenvalue weighted by molar-refractivity contribution is -0.118. The summed E-state index contributed by atoms with van der Waals surface area (Å²) in [6.07, 6.45) is 0. The second kappa shape index (κ2) is 5.84. The molecule has 2 rings (SSSR count). The number of nitrogens with two attached hydrogens (primary N) is 1. The fraction of sp³-hybridized carbons (Fsp3) is 0.0714. The van der Waals surface area contributed by atoms with Crippen molar-refractivity contribution < 1.29 is 9.18 Å². The minimum Gasteiger partial charge on any atom is -0.369 e. The van der Waals surface area contributed by atoms with Gasteiger partial charge < -0.3 is 11.1 Å². The van der Waals surface area contributed by atoms with Gasteiger partial charge >= 0.3 is 0 Å². The Hall–Kier alpha value is -1.88. The number of carbonyl (C=O) groups is 1. The average molecular weight is 323 g/mol. The molecule has 0 saturated heterocycles. The second-order valence-corrected chi connectivity index (χ2v) is 4.87. The van der Waals surface area contributed by atoms with E-state index in [1.807, 2.05) is 24.3 Å². The Morgan fingerprint density at radius 2 is 1.79 bits per heavy atom. The van der Waals surface area contributed by atoms with Gasteiger partial charge in [0.05, 0.1) is 0 Å². The van der Waals surface area contributed by atoms with E-state index in [0.717, 1.165) is 10.2 Å². The zero-order chi connectivity index (χ0) is 13.8. The molecule has 0 fully saturated rings. The first-order valence-corrected chi connectivity index (χ1v) is 6.43. The van der Waals surface area contributed by atoms with E-state index in [4.69, 9.17) is 5.73 Å². The number of para-hydroxylation sites is 1. The lowest BCUT2D eigenvalue weighted by atomic mass is 10.1. The molecule has 0 heterocycles. The van der Waals surface area contributed by atoms with Gasteiger partial charge in [0.15, 0.2) is 0 Å². The topological polar surface area (TPSA) is 55.1 Å². The predicted octanol–water partition coefficient (Wildman–Crippen LogP) is 3.23. The Morgan fingerprint density at radius 3 is 2.37 bits per heavy atom. The van der Waals surface area contributed by atoms with E-state index in [0.29, 0.717) is 5.56 Å². The lowest BCUT2D eigenvalue weighted by Crippen LogP contribution is -2.27. The number of anilines is 1. The predicted molar refractivity (Wildman–Crippen MR) is 76.1 cm³/mol. The van der Waals surface area contributed by atoms with Crippen LogP contribution in [0.5, 0.6) is 0 Å². The molecule has 0 aromatic heterocycles. The number of halogens is 2. The van der Waals surface area contributed by atoms with Crippen LogP contribution in [0.3, 0.4) is 0 Å². The fourth-order valence-corrected chi connectivity index (χ4v) is 2.11. The van der Waals surface area contributed by atoms with Gasteiger partial charge in [-0.2, -0.15) is 0 Å². The Balaban J connectivity index is 2.29. The summed E-state index contributed by atoms with van der Waals surface area (Å²) >= 11 is 3.38. The summed E-state index contributed by atoms with van der Waals surface area (Å²) in [5.41, 5.74) is 6.76. The van der Waals surface area contributed by atoms with Crippen molar-refractivity contribution in [1.29, 1.82) is 0 Å². The van der Waals surface area contributed by atoms with Crippen LogP contribution >= 0.6 is 15.9 Å². The van der Waals surface area contributed by atoms with E-state index in [2.05, 4.69) is 21.2 Å². The first-order valence-electron chi connectivity index (χ1n) is 5.64. The zero-order valence-corrected chi connectivity index (χ0v) is 11.5. The van der Waals surface area contributed by atoms with Gasteiger partial charge in [-0.15, -0.1) is 0 Å². The first-order chi connectivity index (χ1) is 9.08. The van der Waals surface area contributed by atoms with Crippen molar-refractivity contribution in [2.45, 2.75) is 6.04 Å². The zero-order valence-electron chi connectivity index (χ0n) is 9.94. The van der Waals surface area contributed by atoms with Crippen LogP contribution < -0.4 is 11.1 Å². The normalized spacial score (nSPS) is 11.9. The van der Waals surface area contributed by atoms with Gasteiger partial charge in [0.1, 0.15) is 11.9 Å². The second-order valence-electron chi connectivity index (χ2n) is 4.01. The minimum absolute atomic E-state index is 0.354. The van der Waals surface area contributed by atoms with E-state index in [1.54, 1.807) is 0 Å².